The third-order valence-corrected chi connectivity index (χ3v) is 1.81. The van der Waals surface area contributed by atoms with Gasteiger partial charge in [0.2, 0.25) is 0 Å². The van der Waals surface area contributed by atoms with Crippen LogP contribution in [0.25, 0.3) is 5.65 Å². The van der Waals surface area contributed by atoms with Crippen molar-refractivity contribution in [1.82, 2.24) is 14.6 Å². The average Bonchev–Trinajstić information content (AvgIpc) is 2.41. The molecule has 4 heteroatoms. The predicted molar refractivity (Wildman–Crippen MR) is 46.9 cm³/mol. The molecule has 0 saturated heterocycles. The zero-order valence-corrected chi connectivity index (χ0v) is 7.07. The van der Waals surface area contributed by atoms with E-state index in [1.165, 1.54) is 0 Å². The smallest absolute Gasteiger partial charge is 0.178 e. The lowest BCUT2D eigenvalue weighted by Gasteiger charge is -1.98. The molecule has 2 N–H and O–H groups in total. The van der Waals surface area contributed by atoms with Crippen LogP contribution in [0.5, 0.6) is 0 Å². The lowest BCUT2D eigenvalue weighted by atomic mass is 10.3. The maximum absolute atomic E-state index is 5.72. The van der Waals surface area contributed by atoms with Gasteiger partial charge in [0.05, 0.1) is 5.69 Å². The zero-order chi connectivity index (χ0) is 8.72. The molecule has 2 rings (SSSR count). The van der Waals surface area contributed by atoms with Gasteiger partial charge in [-0.1, -0.05) is 0 Å². The number of hydrogen-bond acceptors (Lipinski definition) is 3. The summed E-state index contributed by atoms with van der Waals surface area (Å²) >= 11 is 0. The third-order valence-electron chi connectivity index (χ3n) is 1.81. The van der Waals surface area contributed by atoms with Crippen molar-refractivity contribution in [2.75, 3.05) is 5.73 Å². The van der Waals surface area contributed by atoms with Crippen LogP contribution in [0.1, 0.15) is 11.5 Å². The first-order valence-corrected chi connectivity index (χ1v) is 3.77. The summed E-state index contributed by atoms with van der Waals surface area (Å²) in [6.07, 6.45) is 0. The fraction of sp³-hybridized carbons (Fsp3) is 0.250. The number of anilines is 1. The Kier molecular flexibility index (Phi) is 1.30. The predicted octanol–water partition coefficient (Wildman–Crippen LogP) is 0.928. The molecular formula is C8H10N4. The minimum atomic E-state index is 0.668. The first kappa shape index (κ1) is 7.09. The summed E-state index contributed by atoms with van der Waals surface area (Å²) in [7, 11) is 0. The minimum absolute atomic E-state index is 0.668. The van der Waals surface area contributed by atoms with Crippen molar-refractivity contribution in [3.8, 4) is 0 Å². The van der Waals surface area contributed by atoms with Crippen LogP contribution in [-0.4, -0.2) is 14.6 Å². The number of aryl methyl sites for hydroxylation is 2. The van der Waals surface area contributed by atoms with Gasteiger partial charge >= 0.3 is 0 Å². The quantitative estimate of drug-likeness (QED) is 0.627. The summed E-state index contributed by atoms with van der Waals surface area (Å²) < 4.78 is 1.75. The maximum atomic E-state index is 5.72. The number of nitrogen functional groups attached to an aromatic ring is 1. The first-order chi connectivity index (χ1) is 5.68. The van der Waals surface area contributed by atoms with Gasteiger partial charge in [-0.25, -0.2) is 9.50 Å². The van der Waals surface area contributed by atoms with Crippen LogP contribution in [-0.2, 0) is 0 Å². The number of fused-ring (bicyclic) bond motifs is 1. The zero-order valence-electron chi connectivity index (χ0n) is 7.07. The lowest BCUT2D eigenvalue weighted by molar-refractivity contribution is 0.893. The third kappa shape index (κ3) is 0.845. The van der Waals surface area contributed by atoms with Gasteiger partial charge in [0.1, 0.15) is 5.82 Å². The second kappa shape index (κ2) is 2.20. The van der Waals surface area contributed by atoms with Gasteiger partial charge in [-0.05, 0) is 26.0 Å². The second-order valence-electron chi connectivity index (χ2n) is 2.82. The Hall–Kier alpha value is -1.58. The molecule has 0 radical (unpaired) electrons. The Morgan fingerprint density at radius 2 is 2.08 bits per heavy atom. The largest absolute Gasteiger partial charge is 0.396 e. The molecule has 0 atom stereocenters. The molecule has 2 aromatic rings. The van der Waals surface area contributed by atoms with E-state index in [0.717, 1.165) is 17.2 Å². The minimum Gasteiger partial charge on any atom is -0.396 e. The number of pyridine rings is 1. The van der Waals surface area contributed by atoms with E-state index in [4.69, 9.17) is 5.73 Å². The Balaban J connectivity index is 2.93. The molecule has 62 valence electrons. The van der Waals surface area contributed by atoms with Gasteiger partial charge in [-0.15, -0.1) is 0 Å². The van der Waals surface area contributed by atoms with Crippen molar-refractivity contribution in [3.63, 3.8) is 0 Å². The number of hydrogen-bond donors (Lipinski definition) is 1. The number of aromatic nitrogens is 3. The molecular weight excluding hydrogens is 152 g/mol. The van der Waals surface area contributed by atoms with E-state index in [1.54, 1.807) is 4.52 Å². The average molecular weight is 162 g/mol. The summed E-state index contributed by atoms with van der Waals surface area (Å²) in [6, 6.07) is 3.77. The highest BCUT2D eigenvalue weighted by Crippen LogP contribution is 2.12. The van der Waals surface area contributed by atoms with Crippen LogP contribution < -0.4 is 5.73 Å². The van der Waals surface area contributed by atoms with Crippen LogP contribution >= 0.6 is 0 Å². The van der Waals surface area contributed by atoms with Crippen molar-refractivity contribution < 1.29 is 0 Å². The molecule has 0 bridgehead atoms. The highest BCUT2D eigenvalue weighted by molar-refractivity contribution is 5.64. The summed E-state index contributed by atoms with van der Waals surface area (Å²) in [6.45, 7) is 3.83. The molecule has 0 aliphatic carbocycles. The van der Waals surface area contributed by atoms with Crippen molar-refractivity contribution in [3.05, 3.63) is 23.7 Å². The normalized spacial score (nSPS) is 10.8. The first-order valence-electron chi connectivity index (χ1n) is 3.77. The van der Waals surface area contributed by atoms with E-state index < -0.39 is 0 Å². The van der Waals surface area contributed by atoms with E-state index in [1.807, 2.05) is 26.0 Å². The van der Waals surface area contributed by atoms with Gasteiger partial charge in [0.25, 0.3) is 0 Å². The van der Waals surface area contributed by atoms with Gasteiger partial charge in [0, 0.05) is 5.69 Å². The molecule has 0 saturated carbocycles. The van der Waals surface area contributed by atoms with Gasteiger partial charge in [-0.3, -0.25) is 0 Å². The van der Waals surface area contributed by atoms with Gasteiger partial charge in [-0.2, -0.15) is 5.10 Å². The van der Waals surface area contributed by atoms with Crippen LogP contribution in [0.15, 0.2) is 12.1 Å². The van der Waals surface area contributed by atoms with E-state index in [2.05, 4.69) is 10.1 Å². The summed E-state index contributed by atoms with van der Waals surface area (Å²) in [5.41, 5.74) is 8.17. The Morgan fingerprint density at radius 1 is 1.33 bits per heavy atom. The molecule has 0 aliphatic rings. The maximum Gasteiger partial charge on any atom is 0.178 e. The Labute approximate surface area is 70.0 Å². The summed E-state index contributed by atoms with van der Waals surface area (Å²) in [5.74, 6) is 0.746. The van der Waals surface area contributed by atoms with Crippen molar-refractivity contribution in [2.45, 2.75) is 13.8 Å². The fourth-order valence-corrected chi connectivity index (χ4v) is 1.20. The Morgan fingerprint density at radius 3 is 2.75 bits per heavy atom. The van der Waals surface area contributed by atoms with Crippen LogP contribution in [0.2, 0.25) is 0 Å². The number of rotatable bonds is 0. The van der Waals surface area contributed by atoms with Crippen molar-refractivity contribution in [1.29, 1.82) is 0 Å². The number of nitrogens with two attached hydrogens (primary N) is 1. The molecule has 4 nitrogen and oxygen atoms in total. The molecule has 12 heavy (non-hydrogen) atoms. The second-order valence-corrected chi connectivity index (χ2v) is 2.82. The highest BCUT2D eigenvalue weighted by atomic mass is 15.3. The fourth-order valence-electron chi connectivity index (χ4n) is 1.20. The van der Waals surface area contributed by atoms with E-state index in [-0.39, 0.29) is 0 Å². The summed E-state index contributed by atoms with van der Waals surface area (Å²) in [5, 5.41) is 4.20. The Bertz CT molecular complexity index is 391. The van der Waals surface area contributed by atoms with Crippen LogP contribution in [0, 0.1) is 13.8 Å². The van der Waals surface area contributed by atoms with E-state index >= 15 is 0 Å². The summed E-state index contributed by atoms with van der Waals surface area (Å²) in [4.78, 5) is 4.20. The molecule has 2 heterocycles. The van der Waals surface area contributed by atoms with Gasteiger partial charge in [0.15, 0.2) is 5.65 Å². The number of nitrogens with zero attached hydrogens (tertiary/aromatic N) is 3. The highest BCUT2D eigenvalue weighted by Gasteiger charge is 2.03. The molecule has 0 aromatic carbocycles. The molecule has 0 amide bonds. The van der Waals surface area contributed by atoms with Crippen molar-refractivity contribution >= 4 is 11.3 Å². The monoisotopic (exact) mass is 162 g/mol. The van der Waals surface area contributed by atoms with Crippen LogP contribution in [0.3, 0.4) is 0 Å². The van der Waals surface area contributed by atoms with E-state index in [0.29, 0.717) is 5.69 Å². The van der Waals surface area contributed by atoms with E-state index in [9.17, 15) is 0 Å². The van der Waals surface area contributed by atoms with Crippen LogP contribution in [0.4, 0.5) is 5.69 Å². The standard InChI is InChI=1S/C8H10N4/c1-5-3-4-7(9)8-10-6(2)11-12(5)8/h3-4H,9H2,1-2H3. The lowest BCUT2D eigenvalue weighted by Crippen LogP contribution is -1.97. The van der Waals surface area contributed by atoms with Crippen molar-refractivity contribution in [2.24, 2.45) is 0 Å². The van der Waals surface area contributed by atoms with Gasteiger partial charge < -0.3 is 5.73 Å². The topological polar surface area (TPSA) is 56.2 Å². The molecule has 0 unspecified atom stereocenters. The molecule has 0 fully saturated rings. The molecule has 2 aromatic heterocycles. The molecule has 0 aliphatic heterocycles. The SMILES string of the molecule is Cc1nc2c(N)ccc(C)n2n1. The molecule has 0 spiro atoms.